The van der Waals surface area contributed by atoms with Crippen LogP contribution in [0.4, 0.5) is 0 Å². The Balaban J connectivity index is 1.56. The average molecular weight is 426 g/mol. The largest absolute Gasteiger partial charge is 0.451 e. The Morgan fingerprint density at radius 3 is 2.79 bits per heavy atom. The molecule has 1 aromatic carbocycles. The van der Waals surface area contributed by atoms with Crippen molar-refractivity contribution in [2.24, 2.45) is 0 Å². The van der Waals surface area contributed by atoms with Crippen molar-refractivity contribution in [1.29, 1.82) is 0 Å². The number of hydrogen-bond acceptors (Lipinski definition) is 7. The van der Waals surface area contributed by atoms with Gasteiger partial charge >= 0.3 is 0 Å². The van der Waals surface area contributed by atoms with Crippen molar-refractivity contribution < 1.29 is 14.3 Å². The molecule has 3 aromatic heterocycles. The zero-order valence-corrected chi connectivity index (χ0v) is 17.3. The van der Waals surface area contributed by atoms with E-state index in [0.29, 0.717) is 16.5 Å². The molecular formula is C21H19N3O3S2. The Morgan fingerprint density at radius 1 is 1.24 bits per heavy atom. The highest BCUT2D eigenvalue weighted by molar-refractivity contribution is 7.98. The molecule has 4 aromatic rings. The van der Waals surface area contributed by atoms with E-state index in [1.807, 2.05) is 41.1 Å². The standard InChI is InChI=1S/C21H19N3O3S2/c1-21(26,14-7-10-28-11-14)13-24-19(25)18-16(12-29-20-22-8-4-9-23-20)15-5-2-3-6-17(15)27-18/h2-11,26H,12-13H2,1H3,(H,24,25)/t21-/m1/s1. The van der Waals surface area contributed by atoms with Crippen LogP contribution in [-0.4, -0.2) is 27.5 Å². The Hall–Kier alpha value is -2.68. The molecule has 0 unspecified atom stereocenters. The van der Waals surface area contributed by atoms with E-state index in [0.717, 1.165) is 16.5 Å². The van der Waals surface area contributed by atoms with Gasteiger partial charge in [0.2, 0.25) is 0 Å². The molecule has 148 valence electrons. The van der Waals surface area contributed by atoms with Crippen molar-refractivity contribution >= 4 is 40.0 Å². The number of amides is 1. The molecule has 8 heteroatoms. The molecule has 3 heterocycles. The quantitative estimate of drug-likeness (QED) is 0.341. The number of furan rings is 1. The lowest BCUT2D eigenvalue weighted by Gasteiger charge is -2.22. The van der Waals surface area contributed by atoms with Crippen LogP contribution in [0.2, 0.25) is 0 Å². The molecule has 0 saturated carbocycles. The fourth-order valence-corrected chi connectivity index (χ4v) is 4.54. The number of carbonyl (C=O) groups excluding carboxylic acids is 1. The van der Waals surface area contributed by atoms with Gasteiger partial charge in [-0.2, -0.15) is 11.3 Å². The van der Waals surface area contributed by atoms with Crippen LogP contribution in [0.15, 0.2) is 69.1 Å². The molecular weight excluding hydrogens is 406 g/mol. The molecule has 1 amide bonds. The van der Waals surface area contributed by atoms with Gasteiger partial charge in [0.1, 0.15) is 11.2 Å². The van der Waals surface area contributed by atoms with Crippen LogP contribution in [0.5, 0.6) is 0 Å². The van der Waals surface area contributed by atoms with Gasteiger partial charge in [0, 0.05) is 29.1 Å². The molecule has 2 N–H and O–H groups in total. The maximum absolute atomic E-state index is 12.9. The third-order valence-corrected chi connectivity index (χ3v) is 6.11. The number of aromatic nitrogens is 2. The van der Waals surface area contributed by atoms with Gasteiger partial charge in [0.05, 0.1) is 6.54 Å². The van der Waals surface area contributed by atoms with Gasteiger partial charge in [-0.05, 0) is 41.4 Å². The third-order valence-electron chi connectivity index (χ3n) is 4.53. The van der Waals surface area contributed by atoms with Crippen molar-refractivity contribution in [2.75, 3.05) is 6.54 Å². The summed E-state index contributed by atoms with van der Waals surface area (Å²) < 4.78 is 5.86. The van der Waals surface area contributed by atoms with Gasteiger partial charge in [-0.1, -0.05) is 30.0 Å². The summed E-state index contributed by atoms with van der Waals surface area (Å²) in [6.07, 6.45) is 3.37. The van der Waals surface area contributed by atoms with Crippen LogP contribution in [0.1, 0.15) is 28.6 Å². The zero-order chi connectivity index (χ0) is 20.3. The van der Waals surface area contributed by atoms with Crippen molar-refractivity contribution in [3.63, 3.8) is 0 Å². The number of nitrogens with zero attached hydrogens (tertiary/aromatic N) is 2. The number of rotatable bonds is 7. The van der Waals surface area contributed by atoms with E-state index < -0.39 is 5.60 Å². The van der Waals surface area contributed by atoms with E-state index in [-0.39, 0.29) is 18.2 Å². The SMILES string of the molecule is C[C@@](O)(CNC(=O)c1oc2ccccc2c1CSc1ncccn1)c1ccsc1. The molecule has 0 aliphatic heterocycles. The maximum atomic E-state index is 12.9. The molecule has 0 radical (unpaired) electrons. The van der Waals surface area contributed by atoms with Gasteiger partial charge in [0.15, 0.2) is 10.9 Å². The fraction of sp³-hybridized carbons (Fsp3) is 0.190. The van der Waals surface area contributed by atoms with E-state index in [9.17, 15) is 9.90 Å². The molecule has 1 atom stereocenters. The monoisotopic (exact) mass is 425 g/mol. The molecule has 0 fully saturated rings. The summed E-state index contributed by atoms with van der Waals surface area (Å²) in [7, 11) is 0. The van der Waals surface area contributed by atoms with Crippen LogP contribution >= 0.6 is 23.1 Å². The third kappa shape index (κ3) is 4.34. The topological polar surface area (TPSA) is 88.2 Å². The van der Waals surface area contributed by atoms with Crippen molar-refractivity contribution in [3.8, 4) is 0 Å². The summed E-state index contributed by atoms with van der Waals surface area (Å²) >= 11 is 2.94. The van der Waals surface area contributed by atoms with Gasteiger partial charge in [-0.3, -0.25) is 4.79 Å². The van der Waals surface area contributed by atoms with Crippen molar-refractivity contribution in [1.82, 2.24) is 15.3 Å². The van der Waals surface area contributed by atoms with Crippen molar-refractivity contribution in [2.45, 2.75) is 23.4 Å². The van der Waals surface area contributed by atoms with Crippen LogP contribution in [0.3, 0.4) is 0 Å². The second-order valence-corrected chi connectivity index (χ2v) is 8.42. The first-order chi connectivity index (χ1) is 14.0. The average Bonchev–Trinajstić information content (AvgIpc) is 3.40. The number of thiophene rings is 1. The lowest BCUT2D eigenvalue weighted by Crippen LogP contribution is -2.38. The number of fused-ring (bicyclic) bond motifs is 1. The van der Waals surface area contributed by atoms with E-state index in [4.69, 9.17) is 4.42 Å². The summed E-state index contributed by atoms with van der Waals surface area (Å²) in [4.78, 5) is 21.3. The first kappa shape index (κ1) is 19.6. The van der Waals surface area contributed by atoms with E-state index in [1.165, 1.54) is 23.1 Å². The smallest absolute Gasteiger partial charge is 0.287 e. The Kier molecular flexibility index (Phi) is 5.66. The van der Waals surface area contributed by atoms with Gasteiger partial charge in [0.25, 0.3) is 5.91 Å². The second kappa shape index (κ2) is 8.36. The minimum absolute atomic E-state index is 0.0774. The lowest BCUT2D eigenvalue weighted by molar-refractivity contribution is 0.0522. The first-order valence-corrected chi connectivity index (χ1v) is 10.9. The van der Waals surface area contributed by atoms with E-state index >= 15 is 0 Å². The number of benzene rings is 1. The predicted octanol–water partition coefficient (Wildman–Crippen LogP) is 4.21. The number of aliphatic hydroxyl groups is 1. The van der Waals surface area contributed by atoms with Crippen LogP contribution in [0.25, 0.3) is 11.0 Å². The summed E-state index contributed by atoms with van der Waals surface area (Å²) in [6.45, 7) is 1.76. The fourth-order valence-electron chi connectivity index (χ4n) is 2.93. The lowest BCUT2D eigenvalue weighted by atomic mass is 9.99. The number of hydrogen-bond donors (Lipinski definition) is 2. The maximum Gasteiger partial charge on any atom is 0.287 e. The normalized spacial score (nSPS) is 13.3. The van der Waals surface area contributed by atoms with Crippen molar-refractivity contribution in [3.05, 3.63) is 76.4 Å². The molecule has 0 bridgehead atoms. The minimum Gasteiger partial charge on any atom is -0.451 e. The van der Waals surface area contributed by atoms with E-state index in [2.05, 4.69) is 15.3 Å². The highest BCUT2D eigenvalue weighted by Crippen LogP contribution is 2.31. The summed E-state index contributed by atoms with van der Waals surface area (Å²) in [6, 6.07) is 11.1. The minimum atomic E-state index is -1.16. The number of para-hydroxylation sites is 1. The predicted molar refractivity (Wildman–Crippen MR) is 114 cm³/mol. The van der Waals surface area contributed by atoms with E-state index in [1.54, 1.807) is 25.4 Å². The van der Waals surface area contributed by atoms with Crippen LogP contribution in [0, 0.1) is 0 Å². The Morgan fingerprint density at radius 2 is 2.03 bits per heavy atom. The molecule has 4 rings (SSSR count). The number of nitrogens with one attached hydrogen (secondary N) is 1. The Bertz CT molecular complexity index is 1110. The van der Waals surface area contributed by atoms with Gasteiger partial charge < -0.3 is 14.8 Å². The highest BCUT2D eigenvalue weighted by Gasteiger charge is 2.27. The molecule has 6 nitrogen and oxygen atoms in total. The van der Waals surface area contributed by atoms with Crippen LogP contribution < -0.4 is 5.32 Å². The van der Waals surface area contributed by atoms with Gasteiger partial charge in [-0.15, -0.1) is 0 Å². The summed E-state index contributed by atoms with van der Waals surface area (Å²) in [5, 5.41) is 18.8. The first-order valence-electron chi connectivity index (χ1n) is 8.98. The van der Waals surface area contributed by atoms with Gasteiger partial charge in [-0.25, -0.2) is 9.97 Å². The van der Waals surface area contributed by atoms with Crippen LogP contribution in [-0.2, 0) is 11.4 Å². The molecule has 29 heavy (non-hydrogen) atoms. The molecule has 0 aliphatic rings. The highest BCUT2D eigenvalue weighted by atomic mass is 32.2. The second-order valence-electron chi connectivity index (χ2n) is 6.69. The number of thioether (sulfide) groups is 1. The Labute approximate surface area is 176 Å². The zero-order valence-electron chi connectivity index (χ0n) is 15.7. The molecule has 0 aliphatic carbocycles. The molecule has 0 saturated heterocycles. The number of carbonyl (C=O) groups is 1. The summed E-state index contributed by atoms with van der Waals surface area (Å²) in [5.41, 5.74) is 1.04. The summed E-state index contributed by atoms with van der Waals surface area (Å²) in [5.74, 6) is 0.377. The molecule has 0 spiro atoms.